The normalized spacial score (nSPS) is 11.3. The van der Waals surface area contributed by atoms with E-state index in [0.29, 0.717) is 0 Å². The number of imide groups is 1. The third-order valence-electron chi connectivity index (χ3n) is 2.46. The van der Waals surface area contributed by atoms with Gasteiger partial charge in [0, 0.05) is 6.20 Å². The van der Waals surface area contributed by atoms with Crippen LogP contribution < -0.4 is 10.6 Å². The molecule has 0 aliphatic heterocycles. The highest BCUT2D eigenvalue weighted by atomic mass is 19.4. The molecule has 0 atom stereocenters. The fourth-order valence-corrected chi connectivity index (χ4v) is 1.48. The van der Waals surface area contributed by atoms with Crippen LogP contribution in [0.1, 0.15) is 12.5 Å². The number of rotatable bonds is 4. The molecule has 0 heterocycles. The summed E-state index contributed by atoms with van der Waals surface area (Å²) < 4.78 is 42.9. The van der Waals surface area contributed by atoms with Crippen LogP contribution in [-0.4, -0.2) is 18.6 Å². The van der Waals surface area contributed by atoms with Crippen molar-refractivity contribution >= 4 is 17.7 Å². The molecule has 0 unspecified atom stereocenters. The lowest BCUT2D eigenvalue weighted by Crippen LogP contribution is -2.32. The smallest absolute Gasteiger partial charge is 0.418 e. The highest BCUT2D eigenvalue weighted by molar-refractivity contribution is 6.05. The molecule has 0 saturated heterocycles. The number of hydrogen-bond acceptors (Lipinski definition) is 5. The van der Waals surface area contributed by atoms with Gasteiger partial charge in [-0.15, -0.1) is 0 Å². The molecular formula is C14H12F3N3O3. The number of nitriles is 1. The van der Waals surface area contributed by atoms with Gasteiger partial charge in [-0.2, -0.15) is 18.4 Å². The van der Waals surface area contributed by atoms with Crippen molar-refractivity contribution in [1.29, 1.82) is 5.26 Å². The van der Waals surface area contributed by atoms with Crippen molar-refractivity contribution in [2.45, 2.75) is 13.1 Å². The lowest BCUT2D eigenvalue weighted by Gasteiger charge is -2.12. The first-order valence-electron chi connectivity index (χ1n) is 6.30. The number of benzene rings is 1. The van der Waals surface area contributed by atoms with Gasteiger partial charge in [0.2, 0.25) is 0 Å². The van der Waals surface area contributed by atoms with E-state index in [1.807, 2.05) is 0 Å². The van der Waals surface area contributed by atoms with Crippen LogP contribution in [0.15, 0.2) is 36.0 Å². The Morgan fingerprint density at radius 1 is 1.35 bits per heavy atom. The molecule has 1 aromatic carbocycles. The van der Waals surface area contributed by atoms with Crippen LogP contribution in [0.3, 0.4) is 0 Å². The van der Waals surface area contributed by atoms with Crippen molar-refractivity contribution in [3.63, 3.8) is 0 Å². The Morgan fingerprint density at radius 3 is 2.57 bits per heavy atom. The second-order valence-corrected chi connectivity index (χ2v) is 4.03. The van der Waals surface area contributed by atoms with Gasteiger partial charge < -0.3 is 10.1 Å². The Balaban J connectivity index is 2.92. The van der Waals surface area contributed by atoms with Gasteiger partial charge in [0.25, 0.3) is 5.91 Å². The number of nitrogens with zero attached hydrogens (tertiary/aromatic N) is 1. The molecule has 1 aromatic rings. The first-order valence-corrected chi connectivity index (χ1v) is 6.30. The van der Waals surface area contributed by atoms with Crippen molar-refractivity contribution in [3.8, 4) is 6.07 Å². The fourth-order valence-electron chi connectivity index (χ4n) is 1.48. The topological polar surface area (TPSA) is 91.2 Å². The van der Waals surface area contributed by atoms with Crippen molar-refractivity contribution in [3.05, 3.63) is 41.6 Å². The number of nitrogens with one attached hydrogen (secondary N) is 2. The van der Waals surface area contributed by atoms with E-state index in [1.54, 1.807) is 5.32 Å². The Kier molecular flexibility index (Phi) is 6.14. The SMILES string of the molecule is CCOC(=O)NC(=O)C(C#N)=CNc1ccccc1C(F)(F)F. The molecule has 2 N–H and O–H groups in total. The average molecular weight is 327 g/mol. The molecule has 0 spiro atoms. The Hall–Kier alpha value is -3.02. The number of alkyl halides is 3. The largest absolute Gasteiger partial charge is 0.450 e. The molecule has 6 nitrogen and oxygen atoms in total. The molecule has 9 heteroatoms. The number of halogens is 3. The summed E-state index contributed by atoms with van der Waals surface area (Å²) in [6.45, 7) is 1.53. The zero-order valence-electron chi connectivity index (χ0n) is 11.9. The summed E-state index contributed by atoms with van der Waals surface area (Å²) in [5.41, 5.74) is -1.88. The number of amides is 2. The number of alkyl carbamates (subject to hydrolysis) is 1. The summed E-state index contributed by atoms with van der Waals surface area (Å²) in [6, 6.07) is 6.02. The molecule has 0 aliphatic carbocycles. The van der Waals surface area contributed by atoms with Gasteiger partial charge in [-0.1, -0.05) is 12.1 Å². The Morgan fingerprint density at radius 2 is 2.00 bits per heavy atom. The number of carbonyl (C=O) groups is 2. The van der Waals surface area contributed by atoms with E-state index >= 15 is 0 Å². The molecule has 23 heavy (non-hydrogen) atoms. The van der Waals surface area contributed by atoms with Gasteiger partial charge >= 0.3 is 12.3 Å². The summed E-state index contributed by atoms with van der Waals surface area (Å²) in [4.78, 5) is 22.7. The highest BCUT2D eigenvalue weighted by Gasteiger charge is 2.33. The first kappa shape index (κ1) is 18.0. The molecule has 0 bridgehead atoms. The zero-order chi connectivity index (χ0) is 17.5. The van der Waals surface area contributed by atoms with E-state index < -0.39 is 29.3 Å². The maximum atomic E-state index is 12.8. The molecule has 0 aliphatic rings. The summed E-state index contributed by atoms with van der Waals surface area (Å²) in [7, 11) is 0. The van der Waals surface area contributed by atoms with E-state index in [4.69, 9.17) is 5.26 Å². The van der Waals surface area contributed by atoms with Gasteiger partial charge in [0.05, 0.1) is 17.9 Å². The van der Waals surface area contributed by atoms with Crippen LogP contribution in [0.2, 0.25) is 0 Å². The van der Waals surface area contributed by atoms with Crippen LogP contribution in [0.25, 0.3) is 0 Å². The molecule has 1 rings (SSSR count). The molecule has 0 saturated carbocycles. The molecule has 2 amide bonds. The van der Waals surface area contributed by atoms with E-state index in [2.05, 4.69) is 10.1 Å². The summed E-state index contributed by atoms with van der Waals surface area (Å²) >= 11 is 0. The van der Waals surface area contributed by atoms with Crippen molar-refractivity contribution in [2.75, 3.05) is 11.9 Å². The summed E-state index contributed by atoms with van der Waals surface area (Å²) in [5, 5.41) is 12.9. The third-order valence-corrected chi connectivity index (χ3v) is 2.46. The maximum Gasteiger partial charge on any atom is 0.418 e. The number of anilines is 1. The highest BCUT2D eigenvalue weighted by Crippen LogP contribution is 2.34. The number of ether oxygens (including phenoxy) is 1. The maximum absolute atomic E-state index is 12.8. The Labute approximate surface area is 129 Å². The number of hydrogen-bond donors (Lipinski definition) is 2. The standard InChI is InChI=1S/C14H12F3N3O3/c1-2-23-13(22)20-12(21)9(7-18)8-19-11-6-4-3-5-10(11)14(15,16)17/h3-6,8,19H,2H2,1H3,(H,20,21,22). The second kappa shape index (κ2) is 7.84. The average Bonchev–Trinajstić information content (AvgIpc) is 2.47. The molecule has 0 radical (unpaired) electrons. The van der Waals surface area contributed by atoms with Crippen LogP contribution >= 0.6 is 0 Å². The molecular weight excluding hydrogens is 315 g/mol. The van der Waals surface area contributed by atoms with E-state index in [-0.39, 0.29) is 12.3 Å². The first-order chi connectivity index (χ1) is 10.8. The quantitative estimate of drug-likeness (QED) is 0.655. The van der Waals surface area contributed by atoms with Crippen LogP contribution in [-0.2, 0) is 15.7 Å². The van der Waals surface area contributed by atoms with Crippen LogP contribution in [0.4, 0.5) is 23.7 Å². The third kappa shape index (κ3) is 5.35. The zero-order valence-corrected chi connectivity index (χ0v) is 11.9. The van der Waals surface area contributed by atoms with Gasteiger partial charge in [-0.05, 0) is 19.1 Å². The van der Waals surface area contributed by atoms with Crippen molar-refractivity contribution < 1.29 is 27.5 Å². The Bertz CT molecular complexity index is 663. The number of carbonyl (C=O) groups excluding carboxylic acids is 2. The lowest BCUT2D eigenvalue weighted by atomic mass is 10.1. The second-order valence-electron chi connectivity index (χ2n) is 4.03. The minimum Gasteiger partial charge on any atom is -0.450 e. The van der Waals surface area contributed by atoms with Crippen molar-refractivity contribution in [1.82, 2.24) is 5.32 Å². The van der Waals surface area contributed by atoms with Crippen molar-refractivity contribution in [2.24, 2.45) is 0 Å². The van der Waals surface area contributed by atoms with E-state index in [9.17, 15) is 22.8 Å². The lowest BCUT2D eigenvalue weighted by molar-refractivity contribution is -0.136. The minimum absolute atomic E-state index is 0.0158. The predicted molar refractivity (Wildman–Crippen MR) is 73.9 cm³/mol. The number of para-hydroxylation sites is 1. The predicted octanol–water partition coefficient (Wildman–Crippen LogP) is 2.80. The van der Waals surface area contributed by atoms with Gasteiger partial charge in [0.15, 0.2) is 0 Å². The summed E-state index contributed by atoms with van der Waals surface area (Å²) in [6.07, 6.45) is -4.88. The molecule has 0 aromatic heterocycles. The van der Waals surface area contributed by atoms with E-state index in [1.165, 1.54) is 25.1 Å². The van der Waals surface area contributed by atoms with Gasteiger partial charge in [-0.25, -0.2) is 4.79 Å². The van der Waals surface area contributed by atoms with Crippen LogP contribution in [0.5, 0.6) is 0 Å². The fraction of sp³-hybridized carbons (Fsp3) is 0.214. The monoisotopic (exact) mass is 327 g/mol. The van der Waals surface area contributed by atoms with E-state index in [0.717, 1.165) is 18.3 Å². The van der Waals surface area contributed by atoms with Crippen LogP contribution in [0, 0.1) is 11.3 Å². The summed E-state index contributed by atoms with van der Waals surface area (Å²) in [5.74, 6) is -1.09. The van der Waals surface area contributed by atoms with Gasteiger partial charge in [-0.3, -0.25) is 10.1 Å². The molecule has 0 fully saturated rings. The minimum atomic E-state index is -4.60. The van der Waals surface area contributed by atoms with Gasteiger partial charge in [0.1, 0.15) is 11.6 Å². The molecule has 122 valence electrons.